The number of rotatable bonds is 5. The molecule has 1 aromatic heterocycles. The lowest BCUT2D eigenvalue weighted by molar-refractivity contribution is 0.627. The zero-order chi connectivity index (χ0) is 16.9. The highest BCUT2D eigenvalue weighted by Gasteiger charge is 2.04. The molecular weight excluding hydrogens is 352 g/mol. The molecule has 24 heavy (non-hydrogen) atoms. The van der Waals surface area contributed by atoms with Crippen LogP contribution in [0.5, 0.6) is 0 Å². The molecule has 0 atom stereocenters. The van der Waals surface area contributed by atoms with Crippen molar-refractivity contribution in [3.63, 3.8) is 0 Å². The van der Waals surface area contributed by atoms with Gasteiger partial charge in [0.1, 0.15) is 5.82 Å². The van der Waals surface area contributed by atoms with Gasteiger partial charge in [-0.05, 0) is 35.9 Å². The smallest absolute Gasteiger partial charge is 0.249 e. The lowest BCUT2D eigenvalue weighted by Gasteiger charge is -2.08. The fourth-order valence-corrected chi connectivity index (χ4v) is 2.24. The van der Waals surface area contributed by atoms with Crippen molar-refractivity contribution in [3.05, 3.63) is 70.1 Å². The molecule has 3 rings (SSSR count). The molecule has 122 valence electrons. The van der Waals surface area contributed by atoms with E-state index in [1.54, 1.807) is 30.3 Å². The van der Waals surface area contributed by atoms with Gasteiger partial charge in [0.05, 0.1) is 16.2 Å². The van der Waals surface area contributed by atoms with E-state index in [-0.39, 0.29) is 5.82 Å². The molecule has 0 aliphatic carbocycles. The van der Waals surface area contributed by atoms with E-state index < -0.39 is 0 Å². The molecule has 0 radical (unpaired) electrons. The van der Waals surface area contributed by atoms with Crippen LogP contribution in [0.3, 0.4) is 0 Å². The van der Waals surface area contributed by atoms with Crippen molar-refractivity contribution in [2.75, 3.05) is 10.6 Å². The van der Waals surface area contributed by atoms with Crippen molar-refractivity contribution in [3.8, 4) is 0 Å². The molecule has 0 spiro atoms. The van der Waals surface area contributed by atoms with E-state index in [0.29, 0.717) is 34.0 Å². The summed E-state index contributed by atoms with van der Waals surface area (Å²) in [6, 6.07) is 11.3. The fraction of sp³-hybridized carbons (Fsp3) is 0.0625. The van der Waals surface area contributed by atoms with Gasteiger partial charge in [0.25, 0.3) is 0 Å². The van der Waals surface area contributed by atoms with Gasteiger partial charge in [0.2, 0.25) is 5.95 Å². The van der Waals surface area contributed by atoms with E-state index in [4.69, 9.17) is 23.2 Å². The molecule has 0 bridgehead atoms. The van der Waals surface area contributed by atoms with Crippen molar-refractivity contribution in [1.29, 1.82) is 0 Å². The average Bonchev–Trinajstić information content (AvgIpc) is 2.58. The number of nitrogens with zero attached hydrogens (tertiary/aromatic N) is 3. The van der Waals surface area contributed by atoms with E-state index >= 15 is 0 Å². The first kappa shape index (κ1) is 16.4. The maximum absolute atomic E-state index is 12.9. The van der Waals surface area contributed by atoms with E-state index in [2.05, 4.69) is 25.8 Å². The van der Waals surface area contributed by atoms with E-state index in [9.17, 15) is 4.39 Å². The molecule has 5 nitrogen and oxygen atoms in total. The molecule has 1 heterocycles. The first-order chi connectivity index (χ1) is 11.6. The number of nitrogens with one attached hydrogen (secondary N) is 2. The highest BCUT2D eigenvalue weighted by molar-refractivity contribution is 6.42. The molecule has 2 aromatic carbocycles. The normalized spacial score (nSPS) is 10.5. The van der Waals surface area contributed by atoms with Crippen LogP contribution in [0.1, 0.15) is 5.56 Å². The Kier molecular flexibility index (Phi) is 5.08. The molecule has 0 aliphatic heterocycles. The molecule has 8 heteroatoms. The van der Waals surface area contributed by atoms with Gasteiger partial charge in [-0.25, -0.2) is 4.39 Å². The topological polar surface area (TPSA) is 62.7 Å². The number of halogens is 3. The lowest BCUT2D eigenvalue weighted by atomic mass is 10.2. The van der Waals surface area contributed by atoms with Gasteiger partial charge in [-0.3, -0.25) is 0 Å². The molecule has 3 aromatic rings. The fourth-order valence-electron chi connectivity index (χ4n) is 1.94. The summed E-state index contributed by atoms with van der Waals surface area (Å²) < 4.78 is 12.9. The van der Waals surface area contributed by atoms with Crippen LogP contribution in [0.2, 0.25) is 10.0 Å². The molecule has 0 unspecified atom stereocenters. The van der Waals surface area contributed by atoms with E-state index in [1.165, 1.54) is 18.3 Å². The summed E-state index contributed by atoms with van der Waals surface area (Å²) >= 11 is 11.9. The van der Waals surface area contributed by atoms with Crippen molar-refractivity contribution >= 4 is 40.7 Å². The minimum absolute atomic E-state index is 0.268. The van der Waals surface area contributed by atoms with Crippen LogP contribution in [-0.2, 0) is 6.54 Å². The van der Waals surface area contributed by atoms with Crippen LogP contribution in [0, 0.1) is 5.82 Å². The molecule has 0 fully saturated rings. The van der Waals surface area contributed by atoms with Gasteiger partial charge in [-0.1, -0.05) is 35.3 Å². The second kappa shape index (κ2) is 7.42. The van der Waals surface area contributed by atoms with Gasteiger partial charge in [0.15, 0.2) is 5.82 Å². The van der Waals surface area contributed by atoms with Crippen molar-refractivity contribution < 1.29 is 4.39 Å². The van der Waals surface area contributed by atoms with E-state index in [1.807, 2.05) is 0 Å². The van der Waals surface area contributed by atoms with Crippen LogP contribution < -0.4 is 10.6 Å². The second-order valence-electron chi connectivity index (χ2n) is 4.90. The standard InChI is InChI=1S/C16H12Cl2FN5/c17-13-6-5-12(7-14(13)18)22-16-23-15(9-21-24-16)20-8-10-1-3-11(19)4-2-10/h1-7,9H,8H2,(H2,20,22,23,24). The minimum Gasteiger partial charge on any atom is -0.365 e. The summed E-state index contributed by atoms with van der Waals surface area (Å²) in [5, 5.41) is 14.8. The third-order valence-electron chi connectivity index (χ3n) is 3.12. The molecule has 0 amide bonds. The summed E-state index contributed by atoms with van der Waals surface area (Å²) in [7, 11) is 0. The number of aromatic nitrogens is 3. The average molecular weight is 364 g/mol. The van der Waals surface area contributed by atoms with Crippen LogP contribution in [0.4, 0.5) is 21.8 Å². The number of hydrogen-bond donors (Lipinski definition) is 2. The Balaban J connectivity index is 1.67. The Morgan fingerprint density at radius 1 is 1.00 bits per heavy atom. The van der Waals surface area contributed by atoms with Gasteiger partial charge in [-0.2, -0.15) is 10.1 Å². The van der Waals surface area contributed by atoms with Crippen LogP contribution in [0.25, 0.3) is 0 Å². The molecule has 0 aliphatic rings. The Labute approximate surface area is 147 Å². The highest BCUT2D eigenvalue weighted by Crippen LogP contribution is 2.26. The molecule has 2 N–H and O–H groups in total. The van der Waals surface area contributed by atoms with Gasteiger partial charge in [-0.15, -0.1) is 5.10 Å². The zero-order valence-corrected chi connectivity index (χ0v) is 13.8. The predicted molar refractivity (Wildman–Crippen MR) is 93.3 cm³/mol. The van der Waals surface area contributed by atoms with Crippen molar-refractivity contribution in [2.45, 2.75) is 6.54 Å². The number of benzene rings is 2. The predicted octanol–water partition coefficient (Wildman–Crippen LogP) is 4.67. The Bertz CT molecular complexity index is 842. The van der Waals surface area contributed by atoms with Crippen LogP contribution in [0.15, 0.2) is 48.7 Å². The number of anilines is 3. The molecular formula is C16H12Cl2FN5. The summed E-state index contributed by atoms with van der Waals surface area (Å²) in [6.45, 7) is 0.491. The lowest BCUT2D eigenvalue weighted by Crippen LogP contribution is -2.05. The van der Waals surface area contributed by atoms with Gasteiger partial charge < -0.3 is 10.6 Å². The SMILES string of the molecule is Fc1ccc(CNc2cnnc(Nc3ccc(Cl)c(Cl)c3)n2)cc1. The highest BCUT2D eigenvalue weighted by atomic mass is 35.5. The van der Waals surface area contributed by atoms with Crippen molar-refractivity contribution in [2.24, 2.45) is 0 Å². The second-order valence-corrected chi connectivity index (χ2v) is 5.71. The van der Waals surface area contributed by atoms with E-state index in [0.717, 1.165) is 5.56 Å². The maximum Gasteiger partial charge on any atom is 0.249 e. The Morgan fingerprint density at radius 2 is 1.79 bits per heavy atom. The monoisotopic (exact) mass is 363 g/mol. The minimum atomic E-state index is -0.268. The van der Waals surface area contributed by atoms with Crippen molar-refractivity contribution in [1.82, 2.24) is 15.2 Å². The number of hydrogen-bond acceptors (Lipinski definition) is 5. The Hall–Kier alpha value is -2.44. The van der Waals surface area contributed by atoms with Crippen LogP contribution in [-0.4, -0.2) is 15.2 Å². The molecule has 0 saturated carbocycles. The largest absolute Gasteiger partial charge is 0.365 e. The summed E-state index contributed by atoms with van der Waals surface area (Å²) in [6.07, 6.45) is 1.50. The first-order valence-electron chi connectivity index (χ1n) is 7.00. The maximum atomic E-state index is 12.9. The molecule has 0 saturated heterocycles. The first-order valence-corrected chi connectivity index (χ1v) is 7.76. The zero-order valence-electron chi connectivity index (χ0n) is 12.3. The summed E-state index contributed by atoms with van der Waals surface area (Å²) in [5.74, 6) is 0.588. The summed E-state index contributed by atoms with van der Waals surface area (Å²) in [5.41, 5.74) is 1.62. The quantitative estimate of drug-likeness (QED) is 0.689. The van der Waals surface area contributed by atoms with Gasteiger partial charge >= 0.3 is 0 Å². The van der Waals surface area contributed by atoms with Crippen LogP contribution >= 0.6 is 23.2 Å². The Morgan fingerprint density at radius 3 is 2.54 bits per heavy atom. The van der Waals surface area contributed by atoms with Gasteiger partial charge in [0, 0.05) is 12.2 Å². The third kappa shape index (κ3) is 4.31. The summed E-state index contributed by atoms with van der Waals surface area (Å²) in [4.78, 5) is 4.31. The third-order valence-corrected chi connectivity index (χ3v) is 3.86.